The summed E-state index contributed by atoms with van der Waals surface area (Å²) in [7, 11) is 0. The summed E-state index contributed by atoms with van der Waals surface area (Å²) in [6, 6.07) is 0. The van der Waals surface area contributed by atoms with E-state index >= 15 is 0 Å². The van der Waals surface area contributed by atoms with E-state index < -0.39 is 0 Å². The zero-order chi connectivity index (χ0) is 11.8. The van der Waals surface area contributed by atoms with Crippen molar-refractivity contribution in [2.45, 2.75) is 25.8 Å². The first-order chi connectivity index (χ1) is 7.74. The van der Waals surface area contributed by atoms with Gasteiger partial charge in [-0.25, -0.2) is 4.98 Å². The molecule has 0 radical (unpaired) electrons. The van der Waals surface area contributed by atoms with Crippen molar-refractivity contribution < 1.29 is 9.90 Å². The number of rotatable bonds is 7. The molecule has 1 heterocycles. The minimum absolute atomic E-state index is 0.0797. The van der Waals surface area contributed by atoms with Gasteiger partial charge in [-0.05, 0) is 30.9 Å². The van der Waals surface area contributed by atoms with Crippen molar-refractivity contribution >= 4 is 17.5 Å². The second-order valence-corrected chi connectivity index (χ2v) is 3.80. The van der Waals surface area contributed by atoms with E-state index in [0.29, 0.717) is 11.8 Å². The van der Waals surface area contributed by atoms with Crippen molar-refractivity contribution in [3.05, 3.63) is 17.7 Å². The first-order valence-electron chi connectivity index (χ1n) is 5.28. The quantitative estimate of drug-likeness (QED) is 0.699. The van der Waals surface area contributed by atoms with Crippen LogP contribution < -0.4 is 5.32 Å². The van der Waals surface area contributed by atoms with Crippen LogP contribution in [0.4, 0.5) is 0 Å². The zero-order valence-corrected chi connectivity index (χ0v) is 9.78. The minimum Gasteiger partial charge on any atom is -0.396 e. The Labute approximate surface area is 99.4 Å². The molecule has 6 heteroatoms. The Morgan fingerprint density at radius 3 is 2.94 bits per heavy atom. The van der Waals surface area contributed by atoms with E-state index in [1.54, 1.807) is 17.0 Å². The van der Waals surface area contributed by atoms with E-state index in [2.05, 4.69) is 10.3 Å². The van der Waals surface area contributed by atoms with Crippen LogP contribution in [0.25, 0.3) is 0 Å². The second kappa shape index (κ2) is 7.24. The Bertz CT molecular complexity index is 328. The van der Waals surface area contributed by atoms with Gasteiger partial charge in [0.15, 0.2) is 0 Å². The third kappa shape index (κ3) is 4.63. The third-order valence-corrected chi connectivity index (χ3v) is 2.45. The van der Waals surface area contributed by atoms with Gasteiger partial charge in [0.05, 0.1) is 0 Å². The Morgan fingerprint density at radius 1 is 1.50 bits per heavy atom. The fraction of sp³-hybridized carbons (Fsp3) is 0.600. The predicted molar refractivity (Wildman–Crippen MR) is 61.2 cm³/mol. The maximum Gasteiger partial charge on any atom is 0.240 e. The molecule has 0 aliphatic rings. The van der Waals surface area contributed by atoms with Crippen LogP contribution in [0.2, 0.25) is 5.28 Å². The molecule has 0 saturated heterocycles. The molecule has 0 bridgehead atoms. The number of carbonyl (C=O) groups excluding carboxylic acids is 1. The number of imidazole rings is 1. The largest absolute Gasteiger partial charge is 0.396 e. The lowest BCUT2D eigenvalue weighted by Crippen LogP contribution is -2.28. The number of aromatic nitrogens is 2. The number of aliphatic hydroxyl groups is 1. The molecule has 0 atom stereocenters. The number of hydrogen-bond acceptors (Lipinski definition) is 3. The predicted octanol–water partition coefficient (Wildman–Crippen LogP) is 0.815. The molecule has 0 aliphatic heterocycles. The maximum atomic E-state index is 11.4. The number of nitrogens with zero attached hydrogens (tertiary/aromatic N) is 2. The molecule has 1 rings (SSSR count). The Balaban J connectivity index is 2.14. The van der Waals surface area contributed by atoms with Crippen molar-refractivity contribution in [2.24, 2.45) is 0 Å². The smallest absolute Gasteiger partial charge is 0.240 e. The summed E-state index contributed by atoms with van der Waals surface area (Å²) in [4.78, 5) is 15.2. The van der Waals surface area contributed by atoms with E-state index in [0.717, 1.165) is 19.3 Å². The van der Waals surface area contributed by atoms with Crippen molar-refractivity contribution in [1.29, 1.82) is 0 Å². The van der Waals surface area contributed by atoms with E-state index in [1.807, 2.05) is 0 Å². The standard InChI is InChI=1S/C10H16ClN3O2/c11-10-13-5-6-14(10)8-9(16)12-4-2-1-3-7-15/h5-6,15H,1-4,7-8H2,(H,12,16). The Hall–Kier alpha value is -1.07. The van der Waals surface area contributed by atoms with Crippen molar-refractivity contribution in [1.82, 2.24) is 14.9 Å². The molecule has 2 N–H and O–H groups in total. The van der Waals surface area contributed by atoms with Gasteiger partial charge < -0.3 is 15.0 Å². The van der Waals surface area contributed by atoms with Gasteiger partial charge in [-0.1, -0.05) is 0 Å². The Kier molecular flexibility index (Phi) is 5.88. The van der Waals surface area contributed by atoms with Crippen LogP contribution in [0.15, 0.2) is 12.4 Å². The van der Waals surface area contributed by atoms with Gasteiger partial charge in [0.25, 0.3) is 0 Å². The summed E-state index contributed by atoms with van der Waals surface area (Å²) >= 11 is 5.73. The van der Waals surface area contributed by atoms with Crippen LogP contribution >= 0.6 is 11.6 Å². The number of halogens is 1. The number of unbranched alkanes of at least 4 members (excludes halogenated alkanes) is 2. The summed E-state index contributed by atoms with van der Waals surface area (Å²) < 4.78 is 1.57. The van der Waals surface area contributed by atoms with Crippen molar-refractivity contribution in [3.63, 3.8) is 0 Å². The topological polar surface area (TPSA) is 67.2 Å². The molecule has 0 aliphatic carbocycles. The molecule has 0 spiro atoms. The van der Waals surface area contributed by atoms with Gasteiger partial charge >= 0.3 is 0 Å². The van der Waals surface area contributed by atoms with Crippen molar-refractivity contribution in [2.75, 3.05) is 13.2 Å². The van der Waals surface area contributed by atoms with E-state index in [-0.39, 0.29) is 19.1 Å². The monoisotopic (exact) mass is 245 g/mol. The van der Waals surface area contributed by atoms with Gasteiger partial charge in [0, 0.05) is 25.5 Å². The second-order valence-electron chi connectivity index (χ2n) is 3.46. The molecule has 0 fully saturated rings. The molecule has 0 saturated carbocycles. The molecule has 1 amide bonds. The van der Waals surface area contributed by atoms with E-state index in [9.17, 15) is 4.79 Å². The summed E-state index contributed by atoms with van der Waals surface area (Å²) in [5, 5.41) is 11.7. The zero-order valence-electron chi connectivity index (χ0n) is 9.03. The van der Waals surface area contributed by atoms with Crippen LogP contribution in [-0.2, 0) is 11.3 Å². The summed E-state index contributed by atoms with van der Waals surface area (Å²) in [6.45, 7) is 1.03. The van der Waals surface area contributed by atoms with E-state index in [1.165, 1.54) is 0 Å². The molecular weight excluding hydrogens is 230 g/mol. The minimum atomic E-state index is -0.0797. The molecule has 1 aromatic rings. The third-order valence-electron chi connectivity index (χ3n) is 2.14. The fourth-order valence-corrected chi connectivity index (χ4v) is 1.45. The van der Waals surface area contributed by atoms with Crippen LogP contribution in [0.3, 0.4) is 0 Å². The Morgan fingerprint density at radius 2 is 2.31 bits per heavy atom. The molecule has 5 nitrogen and oxygen atoms in total. The van der Waals surface area contributed by atoms with Gasteiger partial charge in [0.1, 0.15) is 6.54 Å². The lowest BCUT2D eigenvalue weighted by atomic mass is 10.2. The van der Waals surface area contributed by atoms with E-state index in [4.69, 9.17) is 16.7 Å². The summed E-state index contributed by atoms with van der Waals surface area (Å²) in [5.74, 6) is -0.0797. The maximum absolute atomic E-state index is 11.4. The SMILES string of the molecule is O=C(Cn1ccnc1Cl)NCCCCCO. The molecule has 1 aromatic heterocycles. The highest BCUT2D eigenvalue weighted by Gasteiger charge is 2.04. The lowest BCUT2D eigenvalue weighted by Gasteiger charge is -2.05. The number of aliphatic hydroxyl groups excluding tert-OH is 1. The van der Waals surface area contributed by atoms with Gasteiger partial charge in [-0.3, -0.25) is 4.79 Å². The highest BCUT2D eigenvalue weighted by molar-refractivity contribution is 6.28. The average Bonchev–Trinajstić information content (AvgIpc) is 2.64. The van der Waals surface area contributed by atoms with Gasteiger partial charge in [-0.2, -0.15) is 0 Å². The average molecular weight is 246 g/mol. The lowest BCUT2D eigenvalue weighted by molar-refractivity contribution is -0.121. The molecule has 0 aromatic carbocycles. The fourth-order valence-electron chi connectivity index (χ4n) is 1.28. The number of hydrogen-bond donors (Lipinski definition) is 2. The first kappa shape index (κ1) is 13.0. The highest BCUT2D eigenvalue weighted by atomic mass is 35.5. The molecular formula is C10H16ClN3O2. The highest BCUT2D eigenvalue weighted by Crippen LogP contribution is 2.03. The molecule has 90 valence electrons. The van der Waals surface area contributed by atoms with Crippen LogP contribution in [0.1, 0.15) is 19.3 Å². The number of carbonyl (C=O) groups is 1. The first-order valence-corrected chi connectivity index (χ1v) is 5.66. The van der Waals surface area contributed by atoms with Gasteiger partial charge in [-0.15, -0.1) is 0 Å². The summed E-state index contributed by atoms with van der Waals surface area (Å²) in [5.41, 5.74) is 0. The molecule has 0 unspecified atom stereocenters. The van der Waals surface area contributed by atoms with Crippen LogP contribution in [-0.4, -0.2) is 33.7 Å². The van der Waals surface area contributed by atoms with Gasteiger partial charge in [0.2, 0.25) is 11.2 Å². The molecule has 16 heavy (non-hydrogen) atoms. The normalized spacial score (nSPS) is 10.4. The summed E-state index contributed by atoms with van der Waals surface area (Å²) in [6.07, 6.45) is 5.79. The van der Waals surface area contributed by atoms with Crippen LogP contribution in [0.5, 0.6) is 0 Å². The van der Waals surface area contributed by atoms with Crippen LogP contribution in [0, 0.1) is 0 Å². The van der Waals surface area contributed by atoms with Crippen molar-refractivity contribution in [3.8, 4) is 0 Å². The number of nitrogens with one attached hydrogen (secondary N) is 1. The number of amides is 1.